The van der Waals surface area contributed by atoms with Gasteiger partial charge in [0, 0.05) is 36.0 Å². The van der Waals surface area contributed by atoms with Crippen LogP contribution in [0.1, 0.15) is 36.8 Å². The van der Waals surface area contributed by atoms with Crippen molar-refractivity contribution in [2.45, 2.75) is 50.6 Å². The Morgan fingerprint density at radius 2 is 1.74 bits per heavy atom. The molecule has 4 N–H and O–H groups in total. The number of hydrogen-bond acceptors (Lipinski definition) is 2. The Kier molecular flexibility index (Phi) is 12.3. The topological polar surface area (TPSA) is 105 Å². The van der Waals surface area contributed by atoms with Gasteiger partial charge in [-0.3, -0.25) is 9.78 Å². The first-order valence-electron chi connectivity index (χ1n) is 10.4. The summed E-state index contributed by atoms with van der Waals surface area (Å²) in [4.78, 5) is 19.1. The number of nitrogens with one attached hydrogen (secondary N) is 4. The number of benzene rings is 1. The number of H-pyrrole nitrogens is 1. The van der Waals surface area contributed by atoms with Gasteiger partial charge in [-0.2, -0.15) is 12.1 Å². The molecule has 8 heteroatoms. The summed E-state index contributed by atoms with van der Waals surface area (Å²) < 4.78 is 0. The summed E-state index contributed by atoms with van der Waals surface area (Å²) in [5.41, 5.74) is 17.9. The van der Waals surface area contributed by atoms with Crippen molar-refractivity contribution in [3.63, 3.8) is 0 Å². The van der Waals surface area contributed by atoms with E-state index in [0.717, 1.165) is 30.3 Å². The van der Waals surface area contributed by atoms with Gasteiger partial charge in [-0.1, -0.05) is 43.9 Å². The number of nitrogens with zero attached hydrogens (tertiary/aromatic N) is 1. The van der Waals surface area contributed by atoms with Gasteiger partial charge in [0.2, 0.25) is 5.91 Å². The van der Waals surface area contributed by atoms with Crippen LogP contribution in [0.4, 0.5) is 0 Å². The molecule has 6 nitrogen and oxygen atoms in total. The molecule has 0 aliphatic heterocycles. The molecule has 1 aliphatic rings. The number of amides is 1. The van der Waals surface area contributed by atoms with Crippen LogP contribution in [-0.4, -0.2) is 34.5 Å². The monoisotopic (exact) mass is 713 g/mol. The summed E-state index contributed by atoms with van der Waals surface area (Å²) in [7, 11) is 0. The predicted molar refractivity (Wildman–Crippen MR) is 132 cm³/mol. The summed E-state index contributed by atoms with van der Waals surface area (Å²) in [6.07, 6.45) is 10.9. The van der Waals surface area contributed by atoms with Crippen molar-refractivity contribution < 1.29 is 20.9 Å². The molecule has 0 saturated heterocycles. The summed E-state index contributed by atoms with van der Waals surface area (Å²) in [5, 5.41) is 4.18. The van der Waals surface area contributed by atoms with Crippen molar-refractivity contribution in [2.75, 3.05) is 6.54 Å². The Bertz CT molecular complexity index is 895. The fourth-order valence-corrected chi connectivity index (χ4v) is 3.55. The van der Waals surface area contributed by atoms with Gasteiger partial charge in [0.15, 0.2) is 0 Å². The van der Waals surface area contributed by atoms with E-state index in [9.17, 15) is 4.79 Å². The van der Waals surface area contributed by atoms with Crippen LogP contribution in [0.25, 0.3) is 22.4 Å². The van der Waals surface area contributed by atoms with Crippen LogP contribution in [0, 0.1) is 0 Å². The molecule has 0 radical (unpaired) electrons. The maximum Gasteiger partial charge on any atom is -0.0548 e. The molecular formula is C23H29IN5OPt-2. The Morgan fingerprint density at radius 3 is 2.39 bits per heavy atom. The Balaban J connectivity index is 0.000000286. The third kappa shape index (κ3) is 9.00. The smallest absolute Gasteiger partial charge is 0.0548 e. The average Bonchev–Trinajstić information content (AvgIpc) is 3.21. The first kappa shape index (κ1) is 26.0. The summed E-state index contributed by atoms with van der Waals surface area (Å²) in [6.45, 7) is 0.645. The number of carbonyl (C=O) groups is 1. The molecule has 4 rings (SSSR count). The zero-order valence-corrected chi connectivity index (χ0v) is 21.8. The zero-order chi connectivity index (χ0) is 22.5. The van der Waals surface area contributed by atoms with Crippen LogP contribution >= 0.6 is 19.4 Å². The van der Waals surface area contributed by atoms with Crippen LogP contribution in [0.2, 0.25) is 0 Å². The molecule has 1 amide bonds. The Labute approximate surface area is 206 Å². The van der Waals surface area contributed by atoms with Gasteiger partial charge in [0.05, 0.1) is 6.42 Å². The molecule has 1 aliphatic carbocycles. The van der Waals surface area contributed by atoms with Gasteiger partial charge in [-0.05, 0) is 35.7 Å². The molecule has 0 bridgehead atoms. The van der Waals surface area contributed by atoms with Crippen LogP contribution < -0.4 is 5.32 Å². The number of para-hydroxylation sites is 1. The standard InChI is InChI=1S/C17H17N3O.C6H12N2.HI.Pt/c21-17(11-13-5-8-18-9-6-13)19-10-7-14-12-20-16-4-2-1-3-15(14)16;7-5-3-1-2-4-6(5)8;;/h1-6,8-9,12,20H,7,10-11H2,(H,19,21);5-8H,1-4H2;1H;/q;-2;;+1/p-1/t;5-,6-;;/m.1../s1. The average molecular weight is 714 g/mol. The van der Waals surface area contributed by atoms with E-state index < -0.39 is 0 Å². The molecule has 1 saturated carbocycles. The number of pyridine rings is 1. The van der Waals surface area contributed by atoms with E-state index in [4.69, 9.17) is 11.5 Å². The third-order valence-corrected chi connectivity index (χ3v) is 5.27. The van der Waals surface area contributed by atoms with Gasteiger partial charge in [-0.25, -0.2) is 0 Å². The van der Waals surface area contributed by atoms with E-state index in [-0.39, 0.29) is 18.0 Å². The minimum absolute atomic E-state index is 0.0426. The zero-order valence-electron chi connectivity index (χ0n) is 17.4. The minimum atomic E-state index is -0.0799. The van der Waals surface area contributed by atoms with E-state index in [0.29, 0.717) is 13.0 Å². The first-order chi connectivity index (χ1) is 15.1. The second-order valence-corrected chi connectivity index (χ2v) is 7.49. The number of aromatic nitrogens is 2. The van der Waals surface area contributed by atoms with Gasteiger partial charge >= 0.3 is 35.5 Å². The summed E-state index contributed by atoms with van der Waals surface area (Å²) in [5.74, 6) is 0.0426. The molecule has 171 valence electrons. The van der Waals surface area contributed by atoms with E-state index in [1.54, 1.807) is 12.4 Å². The maximum absolute atomic E-state index is 11.9. The molecule has 3 aromatic rings. The third-order valence-electron chi connectivity index (χ3n) is 5.27. The minimum Gasteiger partial charge on any atom is -0.676 e. The fraction of sp³-hybridized carbons (Fsp3) is 0.391. The summed E-state index contributed by atoms with van der Waals surface area (Å²) >= 11 is 4.23. The van der Waals surface area contributed by atoms with Gasteiger partial charge in [0.25, 0.3) is 0 Å². The molecule has 0 spiro atoms. The van der Waals surface area contributed by atoms with Crippen molar-refractivity contribution in [1.29, 1.82) is 0 Å². The first-order valence-corrected chi connectivity index (χ1v) is 16.8. The number of hydrogen-bond donors (Lipinski definition) is 2. The van der Waals surface area contributed by atoms with E-state index in [1.807, 2.05) is 30.5 Å². The van der Waals surface area contributed by atoms with Gasteiger partial charge < -0.3 is 21.8 Å². The van der Waals surface area contributed by atoms with Crippen molar-refractivity contribution in [3.05, 3.63) is 77.6 Å². The van der Waals surface area contributed by atoms with Crippen molar-refractivity contribution in [3.8, 4) is 0 Å². The largest absolute Gasteiger partial charge is 0.676 e. The van der Waals surface area contributed by atoms with Crippen molar-refractivity contribution in [1.82, 2.24) is 15.3 Å². The second-order valence-electron chi connectivity index (χ2n) is 7.49. The number of halogens is 1. The van der Waals surface area contributed by atoms with Gasteiger partial charge in [-0.15, -0.1) is 0 Å². The number of aromatic amines is 1. The number of rotatable bonds is 5. The molecule has 2 aromatic heterocycles. The molecule has 2 heterocycles. The molecule has 31 heavy (non-hydrogen) atoms. The normalized spacial score (nSPS) is 17.7. The molecule has 0 unspecified atom stereocenters. The van der Waals surface area contributed by atoms with Crippen molar-refractivity contribution in [2.24, 2.45) is 0 Å². The molecule has 1 fully saturated rings. The molecule has 2 atom stereocenters. The molecular weight excluding hydrogens is 684 g/mol. The van der Waals surface area contributed by atoms with Gasteiger partial charge in [0.1, 0.15) is 0 Å². The summed E-state index contributed by atoms with van der Waals surface area (Å²) in [6, 6.07) is 11.8. The predicted octanol–water partition coefficient (Wildman–Crippen LogP) is 5.75. The number of fused-ring (bicyclic) bond motifs is 1. The maximum atomic E-state index is 11.9. The Hall–Kier alpha value is -1.28. The second kappa shape index (κ2) is 14.7. The molecule has 1 aromatic carbocycles. The van der Waals surface area contributed by atoms with Crippen LogP contribution in [0.3, 0.4) is 0 Å². The van der Waals surface area contributed by atoms with Crippen LogP contribution in [-0.2, 0) is 33.8 Å². The SMILES string of the molecule is O=C(Cc1ccncc1)NCCc1c[nH]c2ccccc12.[I][Pt].[NH-][C@@H]1CCCC[C@H]1[NH-]. The van der Waals surface area contributed by atoms with E-state index in [1.165, 1.54) is 23.8 Å². The quantitative estimate of drug-likeness (QED) is 0.329. The van der Waals surface area contributed by atoms with E-state index >= 15 is 0 Å². The fourth-order valence-electron chi connectivity index (χ4n) is 3.55. The Morgan fingerprint density at radius 1 is 1.10 bits per heavy atom. The van der Waals surface area contributed by atoms with E-state index in [2.05, 4.69) is 62.9 Å². The van der Waals surface area contributed by atoms with Crippen LogP contribution in [0.5, 0.6) is 0 Å². The van der Waals surface area contributed by atoms with Crippen LogP contribution in [0.15, 0.2) is 55.0 Å². The van der Waals surface area contributed by atoms with Crippen molar-refractivity contribution >= 4 is 36.2 Å². The number of carbonyl (C=O) groups excluding carboxylic acids is 1.